The summed E-state index contributed by atoms with van der Waals surface area (Å²) in [5, 5.41) is 0.933. The van der Waals surface area contributed by atoms with Crippen molar-refractivity contribution in [3.05, 3.63) is 68.3 Å². The Balaban J connectivity index is 1.91. The molecule has 0 aromatic carbocycles. The topological polar surface area (TPSA) is 80.6 Å². The Hall–Kier alpha value is -2.76. The van der Waals surface area contributed by atoms with Crippen molar-refractivity contribution in [3.63, 3.8) is 0 Å². The van der Waals surface area contributed by atoms with E-state index in [4.69, 9.17) is 0 Å². The standard InChI is InChI=1S/C20H22N4O2/c1-13-7-8-15-11-16(14-5-3-2-4-6-14)20(26)24(18(15)23-13)12-17-19(25)22-10-9-21-17/h7-11,14H,2-6,12H2,1H3,(H,22,25). The average Bonchev–Trinajstić information content (AvgIpc) is 2.66. The van der Waals surface area contributed by atoms with Crippen LogP contribution < -0.4 is 11.1 Å². The molecule has 0 bridgehead atoms. The highest BCUT2D eigenvalue weighted by Crippen LogP contribution is 2.32. The number of hydrogen-bond donors (Lipinski definition) is 1. The van der Waals surface area contributed by atoms with E-state index >= 15 is 0 Å². The fourth-order valence-electron chi connectivity index (χ4n) is 3.86. The van der Waals surface area contributed by atoms with E-state index in [2.05, 4.69) is 15.0 Å². The zero-order valence-electron chi connectivity index (χ0n) is 14.9. The zero-order chi connectivity index (χ0) is 18.1. The fourth-order valence-corrected chi connectivity index (χ4v) is 3.86. The van der Waals surface area contributed by atoms with E-state index in [0.29, 0.717) is 11.3 Å². The molecule has 3 aromatic heterocycles. The Morgan fingerprint density at radius 1 is 1.19 bits per heavy atom. The number of aromatic nitrogens is 4. The Morgan fingerprint density at radius 2 is 2.00 bits per heavy atom. The summed E-state index contributed by atoms with van der Waals surface area (Å²) in [5.41, 5.74) is 2.29. The van der Waals surface area contributed by atoms with Crippen molar-refractivity contribution in [2.45, 2.75) is 51.5 Å². The summed E-state index contributed by atoms with van der Waals surface area (Å²) < 4.78 is 1.61. The summed E-state index contributed by atoms with van der Waals surface area (Å²) in [4.78, 5) is 36.7. The molecule has 0 spiro atoms. The molecule has 1 saturated carbocycles. The second-order valence-corrected chi connectivity index (χ2v) is 7.06. The first-order valence-corrected chi connectivity index (χ1v) is 9.17. The Kier molecular flexibility index (Phi) is 4.41. The number of H-pyrrole nitrogens is 1. The summed E-state index contributed by atoms with van der Waals surface area (Å²) in [5.74, 6) is 0.287. The zero-order valence-corrected chi connectivity index (χ0v) is 14.9. The first-order valence-electron chi connectivity index (χ1n) is 9.17. The summed E-state index contributed by atoms with van der Waals surface area (Å²) in [7, 11) is 0. The van der Waals surface area contributed by atoms with Gasteiger partial charge >= 0.3 is 0 Å². The Morgan fingerprint density at radius 3 is 2.77 bits per heavy atom. The fraction of sp³-hybridized carbons (Fsp3) is 0.400. The largest absolute Gasteiger partial charge is 0.326 e. The first-order chi connectivity index (χ1) is 12.6. The molecule has 134 valence electrons. The van der Waals surface area contributed by atoms with Crippen molar-refractivity contribution in [2.75, 3.05) is 0 Å². The maximum atomic E-state index is 13.3. The van der Waals surface area contributed by atoms with Gasteiger partial charge in [-0.2, -0.15) is 0 Å². The number of hydrogen-bond acceptors (Lipinski definition) is 4. The Bertz CT molecular complexity index is 1060. The van der Waals surface area contributed by atoms with Gasteiger partial charge in [0.25, 0.3) is 11.1 Å². The van der Waals surface area contributed by atoms with E-state index in [1.54, 1.807) is 4.57 Å². The summed E-state index contributed by atoms with van der Waals surface area (Å²) in [6, 6.07) is 5.96. The van der Waals surface area contributed by atoms with Gasteiger partial charge in [0.05, 0.1) is 6.54 Å². The minimum atomic E-state index is -0.275. The predicted molar refractivity (Wildman–Crippen MR) is 101 cm³/mol. The van der Waals surface area contributed by atoms with Gasteiger partial charge in [0.15, 0.2) is 0 Å². The highest BCUT2D eigenvalue weighted by molar-refractivity contribution is 5.76. The van der Waals surface area contributed by atoms with E-state index < -0.39 is 0 Å². The van der Waals surface area contributed by atoms with E-state index in [1.165, 1.54) is 18.8 Å². The van der Waals surface area contributed by atoms with Crippen LogP contribution in [-0.4, -0.2) is 19.5 Å². The molecule has 1 aliphatic carbocycles. The van der Waals surface area contributed by atoms with Gasteiger partial charge in [0.2, 0.25) is 0 Å². The Labute approximate surface area is 150 Å². The van der Waals surface area contributed by atoms with Crippen molar-refractivity contribution >= 4 is 11.0 Å². The van der Waals surface area contributed by atoms with Crippen LogP contribution in [0.1, 0.15) is 55.0 Å². The highest BCUT2D eigenvalue weighted by atomic mass is 16.1. The number of nitrogens with one attached hydrogen (secondary N) is 1. The number of aromatic amines is 1. The quantitative estimate of drug-likeness (QED) is 0.787. The first kappa shape index (κ1) is 16.7. The minimum absolute atomic E-state index is 0.0486. The summed E-state index contributed by atoms with van der Waals surface area (Å²) >= 11 is 0. The number of pyridine rings is 2. The van der Waals surface area contributed by atoms with Crippen LogP contribution in [0, 0.1) is 6.92 Å². The molecule has 0 atom stereocenters. The summed E-state index contributed by atoms with van der Waals surface area (Å²) in [6.07, 6.45) is 8.68. The number of rotatable bonds is 3. The third-order valence-electron chi connectivity index (χ3n) is 5.24. The minimum Gasteiger partial charge on any atom is -0.326 e. The molecule has 1 N–H and O–H groups in total. The van der Waals surface area contributed by atoms with E-state index in [0.717, 1.165) is 42.3 Å². The van der Waals surface area contributed by atoms with Crippen LogP contribution in [0.15, 0.2) is 40.2 Å². The second-order valence-electron chi connectivity index (χ2n) is 7.06. The molecule has 6 heteroatoms. The molecule has 0 saturated heterocycles. The van der Waals surface area contributed by atoms with Crippen LogP contribution in [0.5, 0.6) is 0 Å². The van der Waals surface area contributed by atoms with Gasteiger partial charge in [0.1, 0.15) is 11.3 Å². The lowest BCUT2D eigenvalue weighted by Crippen LogP contribution is -2.30. The van der Waals surface area contributed by atoms with Gasteiger partial charge < -0.3 is 4.98 Å². The molecule has 0 radical (unpaired) electrons. The number of nitrogens with zero attached hydrogens (tertiary/aromatic N) is 3. The monoisotopic (exact) mass is 350 g/mol. The number of aryl methyl sites for hydroxylation is 1. The molecular weight excluding hydrogens is 328 g/mol. The van der Waals surface area contributed by atoms with Crippen molar-refractivity contribution in [3.8, 4) is 0 Å². The normalized spacial score (nSPS) is 15.4. The van der Waals surface area contributed by atoms with Crippen LogP contribution in [0.2, 0.25) is 0 Å². The summed E-state index contributed by atoms with van der Waals surface area (Å²) in [6.45, 7) is 2.03. The maximum Gasteiger partial charge on any atom is 0.271 e. The van der Waals surface area contributed by atoms with E-state index in [-0.39, 0.29) is 23.6 Å². The molecule has 1 fully saturated rings. The van der Waals surface area contributed by atoms with Gasteiger partial charge in [-0.1, -0.05) is 19.3 Å². The van der Waals surface area contributed by atoms with Crippen LogP contribution in [0.3, 0.4) is 0 Å². The molecule has 4 rings (SSSR count). The van der Waals surface area contributed by atoms with Crippen molar-refractivity contribution in [1.29, 1.82) is 0 Å². The molecule has 0 aliphatic heterocycles. The van der Waals surface area contributed by atoms with Crippen LogP contribution in [-0.2, 0) is 6.54 Å². The van der Waals surface area contributed by atoms with E-state index in [1.807, 2.05) is 25.1 Å². The lowest BCUT2D eigenvalue weighted by molar-refractivity contribution is 0.439. The molecule has 6 nitrogen and oxygen atoms in total. The smallest absolute Gasteiger partial charge is 0.271 e. The van der Waals surface area contributed by atoms with E-state index in [9.17, 15) is 9.59 Å². The van der Waals surface area contributed by atoms with Gasteiger partial charge in [-0.3, -0.25) is 19.1 Å². The van der Waals surface area contributed by atoms with Gasteiger partial charge in [-0.15, -0.1) is 0 Å². The van der Waals surface area contributed by atoms with Gasteiger partial charge in [-0.05, 0) is 43.9 Å². The van der Waals surface area contributed by atoms with Gasteiger partial charge in [0, 0.05) is 29.0 Å². The second kappa shape index (κ2) is 6.86. The maximum absolute atomic E-state index is 13.3. The number of fused-ring (bicyclic) bond motifs is 1. The highest BCUT2D eigenvalue weighted by Gasteiger charge is 2.21. The average molecular weight is 350 g/mol. The lowest BCUT2D eigenvalue weighted by Gasteiger charge is -2.23. The third kappa shape index (κ3) is 3.07. The van der Waals surface area contributed by atoms with Crippen LogP contribution in [0.4, 0.5) is 0 Å². The molecule has 1 aliphatic rings. The van der Waals surface area contributed by atoms with Crippen LogP contribution >= 0.6 is 0 Å². The molecular formula is C20H22N4O2. The SMILES string of the molecule is Cc1ccc2cc(C3CCCCC3)c(=O)n(Cc3ncc[nH]c3=O)c2n1. The van der Waals surface area contributed by atoms with Crippen molar-refractivity contribution < 1.29 is 0 Å². The molecule has 0 amide bonds. The molecule has 3 aromatic rings. The molecule has 3 heterocycles. The van der Waals surface area contributed by atoms with Crippen molar-refractivity contribution in [2.24, 2.45) is 0 Å². The van der Waals surface area contributed by atoms with Crippen molar-refractivity contribution in [1.82, 2.24) is 19.5 Å². The van der Waals surface area contributed by atoms with Gasteiger partial charge in [-0.25, -0.2) is 4.98 Å². The third-order valence-corrected chi connectivity index (χ3v) is 5.24. The lowest BCUT2D eigenvalue weighted by atomic mass is 9.84. The molecule has 0 unspecified atom stereocenters. The predicted octanol–water partition coefficient (Wildman–Crippen LogP) is 2.88. The molecule has 26 heavy (non-hydrogen) atoms. The van der Waals surface area contributed by atoms with Crippen LogP contribution in [0.25, 0.3) is 11.0 Å².